The molecule has 0 saturated carbocycles. The molecule has 0 spiro atoms. The fourth-order valence-corrected chi connectivity index (χ4v) is 3.42. The molecule has 2 aromatic rings. The van der Waals surface area contributed by atoms with Crippen molar-refractivity contribution in [1.29, 1.82) is 0 Å². The lowest BCUT2D eigenvalue weighted by molar-refractivity contribution is 0.570. The van der Waals surface area contributed by atoms with Crippen LogP contribution in [0.4, 0.5) is 15.8 Å². The molecule has 0 aromatic heterocycles. The zero-order valence-corrected chi connectivity index (χ0v) is 13.1. The summed E-state index contributed by atoms with van der Waals surface area (Å²) in [7, 11) is -7.59. The standard InChI is InChI=1S/C13H13FN2O4S2/c1-21(17,18)15-10-5-4-6-11(9-10)16-22(19,20)13-8-3-2-7-12(13)14/h2-9,15-16H,1H3. The number of nitrogens with one attached hydrogen (secondary N) is 2. The smallest absolute Gasteiger partial charge is 0.264 e. The molecule has 118 valence electrons. The Bertz CT molecular complexity index is 896. The molecule has 0 aliphatic carbocycles. The monoisotopic (exact) mass is 344 g/mol. The Labute approximate surface area is 128 Å². The van der Waals surface area contributed by atoms with Crippen molar-refractivity contribution >= 4 is 31.4 Å². The molecule has 0 fully saturated rings. The molecule has 0 heterocycles. The van der Waals surface area contributed by atoms with E-state index in [1.165, 1.54) is 36.4 Å². The first kappa shape index (κ1) is 16.2. The largest absolute Gasteiger partial charge is 0.284 e. The quantitative estimate of drug-likeness (QED) is 0.868. The van der Waals surface area contributed by atoms with Crippen LogP contribution in [-0.4, -0.2) is 23.1 Å². The first-order valence-electron chi connectivity index (χ1n) is 6.02. The van der Waals surface area contributed by atoms with E-state index in [2.05, 4.69) is 9.44 Å². The van der Waals surface area contributed by atoms with Gasteiger partial charge in [-0.15, -0.1) is 0 Å². The van der Waals surface area contributed by atoms with E-state index in [1.807, 2.05) is 0 Å². The first-order valence-corrected chi connectivity index (χ1v) is 9.40. The Kier molecular flexibility index (Phi) is 4.38. The summed E-state index contributed by atoms with van der Waals surface area (Å²) in [6.07, 6.45) is 0.975. The molecule has 2 N–H and O–H groups in total. The van der Waals surface area contributed by atoms with Crippen LogP contribution in [0.2, 0.25) is 0 Å². The summed E-state index contributed by atoms with van der Waals surface area (Å²) in [4.78, 5) is -0.489. The number of halogens is 1. The predicted octanol–water partition coefficient (Wildman–Crippen LogP) is 2.00. The molecule has 0 radical (unpaired) electrons. The number of rotatable bonds is 5. The maximum absolute atomic E-state index is 13.6. The van der Waals surface area contributed by atoms with Gasteiger partial charge in [-0.1, -0.05) is 18.2 Å². The number of sulfonamides is 2. The third-order valence-electron chi connectivity index (χ3n) is 2.54. The van der Waals surface area contributed by atoms with E-state index >= 15 is 0 Å². The second kappa shape index (κ2) is 5.93. The fraction of sp³-hybridized carbons (Fsp3) is 0.0769. The molecule has 0 atom stereocenters. The van der Waals surface area contributed by atoms with Crippen molar-refractivity contribution in [3.05, 3.63) is 54.3 Å². The van der Waals surface area contributed by atoms with E-state index in [4.69, 9.17) is 0 Å². The molecule has 22 heavy (non-hydrogen) atoms. The molecule has 0 aliphatic rings. The van der Waals surface area contributed by atoms with Gasteiger partial charge in [-0.25, -0.2) is 21.2 Å². The third kappa shape index (κ3) is 4.18. The van der Waals surface area contributed by atoms with E-state index < -0.39 is 30.8 Å². The highest BCUT2D eigenvalue weighted by Crippen LogP contribution is 2.21. The maximum Gasteiger partial charge on any atom is 0.264 e. The van der Waals surface area contributed by atoms with E-state index in [0.717, 1.165) is 18.4 Å². The van der Waals surface area contributed by atoms with Crippen molar-refractivity contribution in [3.8, 4) is 0 Å². The molecule has 0 bridgehead atoms. The van der Waals surface area contributed by atoms with E-state index in [1.54, 1.807) is 0 Å². The second-order valence-corrected chi connectivity index (χ2v) is 7.89. The number of benzene rings is 2. The molecule has 0 amide bonds. The number of hydrogen-bond acceptors (Lipinski definition) is 4. The molecule has 6 nitrogen and oxygen atoms in total. The van der Waals surface area contributed by atoms with Crippen LogP contribution >= 0.6 is 0 Å². The normalized spacial score (nSPS) is 11.9. The summed E-state index contributed by atoms with van der Waals surface area (Å²) < 4.78 is 64.6. The van der Waals surface area contributed by atoms with Gasteiger partial charge in [-0.05, 0) is 30.3 Å². The van der Waals surface area contributed by atoms with Crippen LogP contribution in [0, 0.1) is 5.82 Å². The predicted molar refractivity (Wildman–Crippen MR) is 82.1 cm³/mol. The van der Waals surface area contributed by atoms with E-state index in [0.29, 0.717) is 0 Å². The van der Waals surface area contributed by atoms with E-state index in [9.17, 15) is 21.2 Å². The molecule has 0 unspecified atom stereocenters. The van der Waals surface area contributed by atoms with Gasteiger partial charge in [0, 0.05) is 0 Å². The lowest BCUT2D eigenvalue weighted by Gasteiger charge is -2.10. The van der Waals surface area contributed by atoms with Crippen LogP contribution in [0.1, 0.15) is 0 Å². The topological polar surface area (TPSA) is 92.3 Å². The van der Waals surface area contributed by atoms with Gasteiger partial charge in [0.05, 0.1) is 17.6 Å². The minimum Gasteiger partial charge on any atom is -0.284 e. The van der Waals surface area contributed by atoms with Crippen molar-refractivity contribution in [2.24, 2.45) is 0 Å². The Balaban J connectivity index is 2.31. The zero-order valence-electron chi connectivity index (χ0n) is 11.4. The van der Waals surface area contributed by atoms with Gasteiger partial charge in [0.15, 0.2) is 0 Å². The Morgan fingerprint density at radius 1 is 0.864 bits per heavy atom. The van der Waals surface area contributed by atoms with Crippen molar-refractivity contribution in [2.45, 2.75) is 4.90 Å². The summed E-state index contributed by atoms with van der Waals surface area (Å²) in [5, 5.41) is 0. The van der Waals surface area contributed by atoms with Crippen molar-refractivity contribution in [1.82, 2.24) is 0 Å². The number of hydrogen-bond donors (Lipinski definition) is 2. The molecular weight excluding hydrogens is 331 g/mol. The summed E-state index contributed by atoms with van der Waals surface area (Å²) in [5.41, 5.74) is 0.299. The highest BCUT2D eigenvalue weighted by Gasteiger charge is 2.18. The third-order valence-corrected chi connectivity index (χ3v) is 4.57. The van der Waals surface area contributed by atoms with Crippen LogP contribution in [0.3, 0.4) is 0 Å². The van der Waals surface area contributed by atoms with Crippen LogP contribution in [-0.2, 0) is 20.0 Å². The van der Waals surface area contributed by atoms with Crippen molar-refractivity contribution in [3.63, 3.8) is 0 Å². The van der Waals surface area contributed by atoms with Crippen molar-refractivity contribution < 1.29 is 21.2 Å². The molecule has 2 rings (SSSR count). The summed E-state index contributed by atoms with van der Waals surface area (Å²) >= 11 is 0. The maximum atomic E-state index is 13.6. The van der Waals surface area contributed by atoms with Crippen LogP contribution in [0.5, 0.6) is 0 Å². The zero-order chi connectivity index (χ0) is 16.4. The van der Waals surface area contributed by atoms with Gasteiger partial charge in [0.1, 0.15) is 10.7 Å². The Hall–Kier alpha value is -2.13. The second-order valence-electron chi connectivity index (χ2n) is 4.49. The molecular formula is C13H13FN2O4S2. The fourth-order valence-electron chi connectivity index (χ4n) is 1.73. The minimum atomic E-state index is -4.11. The van der Waals surface area contributed by atoms with Crippen LogP contribution < -0.4 is 9.44 Å². The van der Waals surface area contributed by atoms with E-state index in [-0.39, 0.29) is 11.4 Å². The van der Waals surface area contributed by atoms with Gasteiger partial charge in [-0.2, -0.15) is 0 Å². The molecule has 9 heteroatoms. The van der Waals surface area contributed by atoms with Crippen molar-refractivity contribution in [2.75, 3.05) is 15.7 Å². The van der Waals surface area contributed by atoms with Gasteiger partial charge < -0.3 is 0 Å². The molecule has 0 saturated heterocycles. The Morgan fingerprint density at radius 2 is 1.45 bits per heavy atom. The average Bonchev–Trinajstić information content (AvgIpc) is 2.36. The molecule has 2 aromatic carbocycles. The Morgan fingerprint density at radius 3 is 2.05 bits per heavy atom. The average molecular weight is 344 g/mol. The number of anilines is 2. The lowest BCUT2D eigenvalue weighted by atomic mass is 10.3. The van der Waals surface area contributed by atoms with Crippen LogP contribution in [0.25, 0.3) is 0 Å². The highest BCUT2D eigenvalue weighted by atomic mass is 32.2. The summed E-state index contributed by atoms with van der Waals surface area (Å²) in [6, 6.07) is 10.6. The lowest BCUT2D eigenvalue weighted by Crippen LogP contribution is -2.15. The molecule has 0 aliphatic heterocycles. The van der Waals surface area contributed by atoms with Gasteiger partial charge in [0.25, 0.3) is 10.0 Å². The highest BCUT2D eigenvalue weighted by molar-refractivity contribution is 7.92. The van der Waals surface area contributed by atoms with Gasteiger partial charge in [-0.3, -0.25) is 9.44 Å². The van der Waals surface area contributed by atoms with Gasteiger partial charge >= 0.3 is 0 Å². The summed E-state index contributed by atoms with van der Waals surface area (Å²) in [6.45, 7) is 0. The minimum absolute atomic E-state index is 0.108. The SMILES string of the molecule is CS(=O)(=O)Nc1cccc(NS(=O)(=O)c2ccccc2F)c1. The van der Waals surface area contributed by atoms with Gasteiger partial charge in [0.2, 0.25) is 10.0 Å². The van der Waals surface area contributed by atoms with Crippen LogP contribution in [0.15, 0.2) is 53.4 Å². The first-order chi connectivity index (χ1) is 10.2. The summed E-state index contributed by atoms with van der Waals surface area (Å²) in [5.74, 6) is -0.875.